The summed E-state index contributed by atoms with van der Waals surface area (Å²) in [5.74, 6) is 1.14. The van der Waals surface area contributed by atoms with Crippen LogP contribution in [0.1, 0.15) is 40.7 Å². The van der Waals surface area contributed by atoms with Crippen LogP contribution in [0.25, 0.3) is 10.8 Å². The molecule has 0 radical (unpaired) electrons. The van der Waals surface area contributed by atoms with Crippen LogP contribution in [0.4, 0.5) is 5.69 Å². The van der Waals surface area contributed by atoms with Gasteiger partial charge in [0.05, 0.1) is 18.4 Å². The maximum Gasteiger partial charge on any atom is 0.278 e. The number of hydrogen-bond acceptors (Lipinski definition) is 4. The van der Waals surface area contributed by atoms with Crippen LogP contribution in [0.15, 0.2) is 59.4 Å². The summed E-state index contributed by atoms with van der Waals surface area (Å²) in [5.41, 5.74) is 3.18. The van der Waals surface area contributed by atoms with E-state index in [1.807, 2.05) is 23.0 Å². The molecule has 0 spiro atoms. The Morgan fingerprint density at radius 1 is 1.24 bits per heavy atom. The van der Waals surface area contributed by atoms with Gasteiger partial charge in [-0.15, -0.1) is 0 Å². The standard InChI is InChI=1S/C23H22N4O2/c1-15-9-10-21-20(11-15)22(26-29-21)23(28)25-18-12-24-27(14-18)13-17-7-4-6-16-5-2-3-8-19(16)17/h2-8,12,14-15H,9-11,13H2,1H3,(H,25,28). The highest BCUT2D eigenvalue weighted by Gasteiger charge is 2.27. The largest absolute Gasteiger partial charge is 0.360 e. The number of aryl methyl sites for hydroxylation is 1. The molecule has 1 aliphatic carbocycles. The van der Waals surface area contributed by atoms with Gasteiger partial charge in [0.25, 0.3) is 5.91 Å². The maximum atomic E-state index is 12.7. The van der Waals surface area contributed by atoms with Gasteiger partial charge in [-0.25, -0.2) is 0 Å². The van der Waals surface area contributed by atoms with E-state index in [1.54, 1.807) is 6.20 Å². The molecule has 146 valence electrons. The molecule has 1 aliphatic rings. The van der Waals surface area contributed by atoms with E-state index in [-0.39, 0.29) is 5.91 Å². The first-order valence-electron chi connectivity index (χ1n) is 9.95. The highest BCUT2D eigenvalue weighted by molar-refractivity contribution is 6.03. The molecule has 1 N–H and O–H groups in total. The van der Waals surface area contributed by atoms with E-state index in [9.17, 15) is 4.79 Å². The Hall–Kier alpha value is -3.41. The van der Waals surface area contributed by atoms with Crippen molar-refractivity contribution in [2.24, 2.45) is 5.92 Å². The van der Waals surface area contributed by atoms with E-state index < -0.39 is 0 Å². The summed E-state index contributed by atoms with van der Waals surface area (Å²) >= 11 is 0. The van der Waals surface area contributed by atoms with Crippen molar-refractivity contribution in [2.45, 2.75) is 32.7 Å². The van der Waals surface area contributed by atoms with Crippen LogP contribution in [-0.2, 0) is 19.4 Å². The summed E-state index contributed by atoms with van der Waals surface area (Å²) in [6, 6.07) is 14.6. The summed E-state index contributed by atoms with van der Waals surface area (Å²) in [7, 11) is 0. The number of nitrogens with one attached hydrogen (secondary N) is 1. The molecule has 2 heterocycles. The summed E-state index contributed by atoms with van der Waals surface area (Å²) in [6.45, 7) is 2.82. The molecule has 0 saturated heterocycles. The molecule has 2 aromatic carbocycles. The van der Waals surface area contributed by atoms with Crippen LogP contribution in [0.3, 0.4) is 0 Å². The molecular formula is C23H22N4O2. The zero-order valence-electron chi connectivity index (χ0n) is 16.3. The fourth-order valence-corrected chi connectivity index (χ4v) is 4.07. The predicted molar refractivity (Wildman–Crippen MR) is 111 cm³/mol. The summed E-state index contributed by atoms with van der Waals surface area (Å²) in [5, 5.41) is 13.8. The first kappa shape index (κ1) is 17.7. The monoisotopic (exact) mass is 386 g/mol. The Bertz CT molecular complexity index is 1190. The lowest BCUT2D eigenvalue weighted by atomic mass is 9.88. The predicted octanol–water partition coefficient (Wildman–Crippen LogP) is 4.45. The van der Waals surface area contributed by atoms with Crippen molar-refractivity contribution < 1.29 is 9.32 Å². The third kappa shape index (κ3) is 3.42. The fraction of sp³-hybridized carbons (Fsp3) is 0.261. The molecule has 2 aromatic heterocycles. The molecule has 0 bridgehead atoms. The maximum absolute atomic E-state index is 12.7. The van der Waals surface area contributed by atoms with Crippen molar-refractivity contribution >= 4 is 22.4 Å². The van der Waals surface area contributed by atoms with Crippen molar-refractivity contribution in [2.75, 3.05) is 5.32 Å². The van der Waals surface area contributed by atoms with Gasteiger partial charge in [-0.05, 0) is 35.1 Å². The lowest BCUT2D eigenvalue weighted by molar-refractivity contribution is 0.101. The molecular weight excluding hydrogens is 364 g/mol. The van der Waals surface area contributed by atoms with E-state index >= 15 is 0 Å². The van der Waals surface area contributed by atoms with Crippen LogP contribution in [-0.4, -0.2) is 20.8 Å². The van der Waals surface area contributed by atoms with Gasteiger partial charge in [-0.3, -0.25) is 9.48 Å². The van der Waals surface area contributed by atoms with E-state index in [0.29, 0.717) is 23.8 Å². The number of carbonyl (C=O) groups is 1. The number of rotatable bonds is 4. The molecule has 5 rings (SSSR count). The Labute approximate surface area is 168 Å². The number of anilines is 1. The highest BCUT2D eigenvalue weighted by atomic mass is 16.5. The third-order valence-electron chi connectivity index (χ3n) is 5.60. The Kier molecular flexibility index (Phi) is 4.39. The van der Waals surface area contributed by atoms with E-state index in [1.165, 1.54) is 16.3 Å². The van der Waals surface area contributed by atoms with Crippen LogP contribution in [0, 0.1) is 5.92 Å². The van der Waals surface area contributed by atoms with E-state index in [2.05, 4.69) is 52.8 Å². The molecule has 0 fully saturated rings. The quantitative estimate of drug-likeness (QED) is 0.562. The number of fused-ring (bicyclic) bond motifs is 2. The van der Waals surface area contributed by atoms with Crippen LogP contribution in [0.2, 0.25) is 0 Å². The number of benzene rings is 2. The van der Waals surface area contributed by atoms with Crippen LogP contribution in [0.5, 0.6) is 0 Å². The second kappa shape index (κ2) is 7.20. The minimum atomic E-state index is -0.242. The lowest BCUT2D eigenvalue weighted by Gasteiger charge is -2.16. The number of nitrogens with zero attached hydrogens (tertiary/aromatic N) is 3. The second-order valence-electron chi connectivity index (χ2n) is 7.80. The smallest absolute Gasteiger partial charge is 0.278 e. The minimum Gasteiger partial charge on any atom is -0.360 e. The number of hydrogen-bond donors (Lipinski definition) is 1. The molecule has 4 aromatic rings. The van der Waals surface area contributed by atoms with Gasteiger partial charge in [-0.2, -0.15) is 5.10 Å². The van der Waals surface area contributed by atoms with Gasteiger partial charge in [0.1, 0.15) is 5.76 Å². The van der Waals surface area contributed by atoms with Crippen molar-refractivity contribution in [1.29, 1.82) is 0 Å². The van der Waals surface area contributed by atoms with Gasteiger partial charge in [0.15, 0.2) is 5.69 Å². The van der Waals surface area contributed by atoms with Gasteiger partial charge >= 0.3 is 0 Å². The normalized spacial score (nSPS) is 16.0. The van der Waals surface area contributed by atoms with Gasteiger partial charge in [-0.1, -0.05) is 54.5 Å². The summed E-state index contributed by atoms with van der Waals surface area (Å²) in [6.07, 6.45) is 6.26. The third-order valence-corrected chi connectivity index (χ3v) is 5.60. The van der Waals surface area contributed by atoms with Crippen molar-refractivity contribution in [3.63, 3.8) is 0 Å². The van der Waals surface area contributed by atoms with E-state index in [4.69, 9.17) is 4.52 Å². The first-order valence-corrected chi connectivity index (χ1v) is 9.95. The highest BCUT2D eigenvalue weighted by Crippen LogP contribution is 2.28. The zero-order chi connectivity index (χ0) is 19.8. The molecule has 1 amide bonds. The SMILES string of the molecule is CC1CCc2onc(C(=O)Nc3cnn(Cc4cccc5ccccc45)c3)c2C1. The van der Waals surface area contributed by atoms with Crippen molar-refractivity contribution in [3.8, 4) is 0 Å². The average molecular weight is 386 g/mol. The molecule has 0 saturated carbocycles. The molecule has 6 heteroatoms. The average Bonchev–Trinajstić information content (AvgIpc) is 3.34. The lowest BCUT2D eigenvalue weighted by Crippen LogP contribution is -2.17. The Morgan fingerprint density at radius 2 is 2.10 bits per heavy atom. The molecule has 29 heavy (non-hydrogen) atoms. The Morgan fingerprint density at radius 3 is 3.03 bits per heavy atom. The fourth-order valence-electron chi connectivity index (χ4n) is 4.07. The summed E-state index contributed by atoms with van der Waals surface area (Å²) in [4.78, 5) is 12.7. The van der Waals surface area contributed by atoms with Gasteiger partial charge in [0, 0.05) is 18.2 Å². The van der Waals surface area contributed by atoms with Crippen LogP contribution >= 0.6 is 0 Å². The topological polar surface area (TPSA) is 73.0 Å². The zero-order valence-corrected chi connectivity index (χ0v) is 16.3. The molecule has 0 aliphatic heterocycles. The number of carbonyl (C=O) groups excluding carboxylic acids is 1. The minimum absolute atomic E-state index is 0.242. The molecule has 6 nitrogen and oxygen atoms in total. The van der Waals surface area contributed by atoms with Crippen LogP contribution < -0.4 is 5.32 Å². The molecule has 1 unspecified atom stereocenters. The number of amides is 1. The van der Waals surface area contributed by atoms with Crippen molar-refractivity contribution in [3.05, 3.63) is 77.4 Å². The second-order valence-corrected chi connectivity index (χ2v) is 7.80. The van der Waals surface area contributed by atoms with E-state index in [0.717, 1.165) is 30.6 Å². The first-order chi connectivity index (χ1) is 14.2. The summed E-state index contributed by atoms with van der Waals surface area (Å²) < 4.78 is 7.22. The van der Waals surface area contributed by atoms with Gasteiger partial charge < -0.3 is 9.84 Å². The molecule has 1 atom stereocenters. The van der Waals surface area contributed by atoms with Crippen molar-refractivity contribution in [1.82, 2.24) is 14.9 Å². The van der Waals surface area contributed by atoms with Gasteiger partial charge in [0.2, 0.25) is 0 Å². The number of aromatic nitrogens is 3. The Balaban J connectivity index is 1.33.